The summed E-state index contributed by atoms with van der Waals surface area (Å²) in [7, 11) is 0. The zero-order valence-corrected chi connectivity index (χ0v) is 14.8. The number of pyridine rings is 1. The van der Waals surface area contributed by atoms with Crippen molar-refractivity contribution in [3.05, 3.63) is 101 Å². The molecule has 4 aromatic rings. The molecule has 0 aliphatic carbocycles. The van der Waals surface area contributed by atoms with E-state index < -0.39 is 0 Å². The predicted octanol–water partition coefficient (Wildman–Crippen LogP) is 5.38. The van der Waals surface area contributed by atoms with Crippen molar-refractivity contribution in [2.24, 2.45) is 0 Å². The molecule has 2 aromatic heterocycles. The molecule has 0 N–H and O–H groups in total. The van der Waals surface area contributed by atoms with Gasteiger partial charge >= 0.3 is 0 Å². The topological polar surface area (TPSA) is 35.1 Å². The lowest BCUT2D eigenvalue weighted by Crippen LogP contribution is -2.15. The summed E-state index contributed by atoms with van der Waals surface area (Å²) in [6.07, 6.45) is 1.67. The maximum absolute atomic E-state index is 12.8. The van der Waals surface area contributed by atoms with E-state index in [1.54, 1.807) is 12.3 Å². The highest BCUT2D eigenvalue weighted by Crippen LogP contribution is 2.33. The summed E-state index contributed by atoms with van der Waals surface area (Å²) >= 11 is 0. The van der Waals surface area contributed by atoms with Gasteiger partial charge in [0.25, 0.3) is 0 Å². The zero-order chi connectivity index (χ0) is 18.1. The number of aromatic nitrogens is 1. The molecule has 0 saturated carbocycles. The molecule has 2 aromatic carbocycles. The Morgan fingerprint density at radius 1 is 0.846 bits per heavy atom. The second-order valence-corrected chi connectivity index (χ2v) is 6.29. The minimum atomic E-state index is 0.0200. The molecule has 0 amide bonds. The Kier molecular flexibility index (Phi) is 4.05. The molecule has 2 heterocycles. The Hall–Kier alpha value is -3.33. The second-order valence-electron chi connectivity index (χ2n) is 6.29. The fourth-order valence-corrected chi connectivity index (χ4v) is 3.32. The predicted molar refractivity (Wildman–Crippen MR) is 105 cm³/mol. The van der Waals surface area contributed by atoms with Crippen molar-refractivity contribution in [1.29, 1.82) is 0 Å². The van der Waals surface area contributed by atoms with Crippen LogP contribution in [0.2, 0.25) is 0 Å². The monoisotopic (exact) mass is 341 g/mol. The van der Waals surface area contributed by atoms with Crippen LogP contribution in [0.15, 0.2) is 88.3 Å². The molecule has 0 bridgehead atoms. The highest BCUT2D eigenvalue weighted by atomic mass is 16.3. The highest BCUT2D eigenvalue weighted by Gasteiger charge is 2.19. The molecule has 0 atom stereocenters. The molecule has 0 unspecified atom stereocenters. The Morgan fingerprint density at radius 3 is 2.12 bits per heavy atom. The van der Waals surface area contributed by atoms with Crippen LogP contribution in [0, 0.1) is 13.8 Å². The molecule has 0 aliphatic heterocycles. The summed E-state index contributed by atoms with van der Waals surface area (Å²) in [6, 6.07) is 23.7. The average molecular weight is 341 g/mol. The molecular formula is C23H19NO2. The Labute approximate surface area is 152 Å². The van der Waals surface area contributed by atoms with Crippen LogP contribution in [0.4, 0.5) is 0 Å². The SMILES string of the molecule is Cc1occc1-c1c(C)c(=O)cc(-c2ccccc2)n1-c1ccccc1. The highest BCUT2D eigenvalue weighted by molar-refractivity contribution is 5.74. The van der Waals surface area contributed by atoms with E-state index in [0.29, 0.717) is 5.56 Å². The van der Waals surface area contributed by atoms with Crippen LogP contribution >= 0.6 is 0 Å². The first-order chi connectivity index (χ1) is 12.7. The molecule has 0 fully saturated rings. The molecule has 26 heavy (non-hydrogen) atoms. The maximum Gasteiger partial charge on any atom is 0.185 e. The first-order valence-electron chi connectivity index (χ1n) is 8.59. The first kappa shape index (κ1) is 16.2. The van der Waals surface area contributed by atoms with E-state index in [1.807, 2.05) is 68.4 Å². The molecule has 0 aliphatic rings. The van der Waals surface area contributed by atoms with Crippen LogP contribution in [0.3, 0.4) is 0 Å². The number of benzene rings is 2. The summed E-state index contributed by atoms with van der Waals surface area (Å²) in [5, 5.41) is 0. The van der Waals surface area contributed by atoms with Gasteiger partial charge in [-0.2, -0.15) is 0 Å². The molecule has 0 radical (unpaired) electrons. The molecular weight excluding hydrogens is 322 g/mol. The van der Waals surface area contributed by atoms with Crippen LogP contribution < -0.4 is 5.43 Å². The van der Waals surface area contributed by atoms with Crippen molar-refractivity contribution in [3.63, 3.8) is 0 Å². The smallest absolute Gasteiger partial charge is 0.185 e. The quantitative estimate of drug-likeness (QED) is 0.501. The van der Waals surface area contributed by atoms with Gasteiger partial charge in [0.2, 0.25) is 0 Å². The van der Waals surface area contributed by atoms with Crippen molar-refractivity contribution in [2.45, 2.75) is 13.8 Å². The van der Waals surface area contributed by atoms with E-state index in [1.165, 1.54) is 0 Å². The lowest BCUT2D eigenvalue weighted by atomic mass is 10.0. The van der Waals surface area contributed by atoms with E-state index in [2.05, 4.69) is 16.7 Å². The summed E-state index contributed by atoms with van der Waals surface area (Å²) in [5.74, 6) is 0.794. The van der Waals surface area contributed by atoms with Gasteiger partial charge in [0.15, 0.2) is 5.43 Å². The molecule has 4 rings (SSSR count). The summed E-state index contributed by atoms with van der Waals surface area (Å²) in [4.78, 5) is 12.8. The van der Waals surface area contributed by atoms with Gasteiger partial charge in [-0.1, -0.05) is 48.5 Å². The van der Waals surface area contributed by atoms with Gasteiger partial charge in [-0.3, -0.25) is 4.79 Å². The third kappa shape index (κ3) is 2.68. The van der Waals surface area contributed by atoms with E-state index in [0.717, 1.165) is 34.0 Å². The Morgan fingerprint density at radius 2 is 1.50 bits per heavy atom. The van der Waals surface area contributed by atoms with Crippen LogP contribution in [-0.2, 0) is 0 Å². The number of hydrogen-bond acceptors (Lipinski definition) is 2. The number of furan rings is 1. The molecule has 3 nitrogen and oxygen atoms in total. The van der Waals surface area contributed by atoms with Crippen molar-refractivity contribution >= 4 is 0 Å². The average Bonchev–Trinajstić information content (AvgIpc) is 3.10. The van der Waals surface area contributed by atoms with Crippen LogP contribution in [0.25, 0.3) is 28.2 Å². The van der Waals surface area contributed by atoms with E-state index in [-0.39, 0.29) is 5.43 Å². The molecule has 128 valence electrons. The van der Waals surface area contributed by atoms with Crippen LogP contribution in [0.5, 0.6) is 0 Å². The van der Waals surface area contributed by atoms with Gasteiger partial charge in [0.05, 0.1) is 17.7 Å². The maximum atomic E-state index is 12.8. The standard InChI is InChI=1S/C23H19NO2/c1-16-22(25)15-21(18-9-5-3-6-10-18)24(19-11-7-4-8-12-19)23(16)20-13-14-26-17(20)2/h3-15H,1-2H3. The number of rotatable bonds is 3. The normalized spacial score (nSPS) is 10.8. The summed E-state index contributed by atoms with van der Waals surface area (Å²) in [5.41, 5.74) is 5.39. The fourth-order valence-electron chi connectivity index (χ4n) is 3.32. The molecule has 0 saturated heterocycles. The Bertz CT molecular complexity index is 1110. The first-order valence-corrected chi connectivity index (χ1v) is 8.59. The van der Waals surface area contributed by atoms with E-state index >= 15 is 0 Å². The van der Waals surface area contributed by atoms with Gasteiger partial charge in [0, 0.05) is 22.9 Å². The van der Waals surface area contributed by atoms with Gasteiger partial charge < -0.3 is 8.98 Å². The van der Waals surface area contributed by atoms with Gasteiger partial charge in [-0.05, 0) is 37.6 Å². The van der Waals surface area contributed by atoms with E-state index in [9.17, 15) is 4.79 Å². The molecule has 0 spiro atoms. The second kappa shape index (κ2) is 6.52. The molecule has 3 heteroatoms. The van der Waals surface area contributed by atoms with Gasteiger partial charge in [0.1, 0.15) is 5.76 Å². The van der Waals surface area contributed by atoms with Crippen LogP contribution in [-0.4, -0.2) is 4.57 Å². The number of aryl methyl sites for hydroxylation is 1. The van der Waals surface area contributed by atoms with E-state index in [4.69, 9.17) is 4.42 Å². The van der Waals surface area contributed by atoms with Crippen LogP contribution in [0.1, 0.15) is 11.3 Å². The lowest BCUT2D eigenvalue weighted by Gasteiger charge is -2.21. The minimum Gasteiger partial charge on any atom is -0.469 e. The fraction of sp³-hybridized carbons (Fsp3) is 0.0870. The number of nitrogens with zero attached hydrogens (tertiary/aromatic N) is 1. The largest absolute Gasteiger partial charge is 0.469 e. The van der Waals surface area contributed by atoms with Gasteiger partial charge in [-0.25, -0.2) is 0 Å². The van der Waals surface area contributed by atoms with Crippen molar-refractivity contribution in [1.82, 2.24) is 4.57 Å². The Balaban J connectivity index is 2.16. The van der Waals surface area contributed by atoms with Crippen molar-refractivity contribution in [3.8, 4) is 28.2 Å². The van der Waals surface area contributed by atoms with Crippen molar-refractivity contribution < 1.29 is 4.42 Å². The summed E-state index contributed by atoms with van der Waals surface area (Å²) < 4.78 is 7.68. The third-order valence-electron chi connectivity index (χ3n) is 4.66. The van der Waals surface area contributed by atoms with Gasteiger partial charge in [-0.15, -0.1) is 0 Å². The summed E-state index contributed by atoms with van der Waals surface area (Å²) in [6.45, 7) is 3.79. The zero-order valence-electron chi connectivity index (χ0n) is 14.8. The number of hydrogen-bond donors (Lipinski definition) is 0. The third-order valence-corrected chi connectivity index (χ3v) is 4.66. The van der Waals surface area contributed by atoms with Crippen molar-refractivity contribution in [2.75, 3.05) is 0 Å². The minimum absolute atomic E-state index is 0.0200. The number of para-hydroxylation sites is 1. The lowest BCUT2D eigenvalue weighted by molar-refractivity contribution is 0.535.